The Morgan fingerprint density at radius 2 is 1.53 bits per heavy atom. The fourth-order valence-corrected chi connectivity index (χ4v) is 14.4. The summed E-state index contributed by atoms with van der Waals surface area (Å²) in [5.41, 5.74) is 3.29. The number of aromatic nitrogens is 1. The average molecular weight is 730 g/mol. The third kappa shape index (κ3) is 7.25. The van der Waals surface area contributed by atoms with Crippen LogP contribution in [0.15, 0.2) is 97.1 Å². The summed E-state index contributed by atoms with van der Waals surface area (Å²) in [6, 6.07) is 32.2. The van der Waals surface area contributed by atoms with Crippen molar-refractivity contribution in [3.63, 3.8) is 0 Å². The Morgan fingerprint density at radius 3 is 2.18 bits per heavy atom. The van der Waals surface area contributed by atoms with Gasteiger partial charge in [0.2, 0.25) is 0 Å². The summed E-state index contributed by atoms with van der Waals surface area (Å²) >= 11 is 1.75. The summed E-state index contributed by atoms with van der Waals surface area (Å²) in [5.74, 6) is -2.57. The zero-order valence-electron chi connectivity index (χ0n) is 30.2. The van der Waals surface area contributed by atoms with Gasteiger partial charge < -0.3 is 14.3 Å². The molecule has 1 fully saturated rings. The summed E-state index contributed by atoms with van der Waals surface area (Å²) in [5, 5.41) is 2.76. The van der Waals surface area contributed by atoms with Crippen LogP contribution in [0.1, 0.15) is 61.2 Å². The first-order valence-electron chi connectivity index (χ1n) is 18.3. The van der Waals surface area contributed by atoms with E-state index in [1.165, 1.54) is 15.8 Å². The van der Waals surface area contributed by atoms with E-state index in [1.54, 1.807) is 11.3 Å². The maximum atomic E-state index is 16.8. The number of aromatic amines is 1. The van der Waals surface area contributed by atoms with Gasteiger partial charge in [0.1, 0.15) is 0 Å². The van der Waals surface area contributed by atoms with E-state index in [2.05, 4.69) is 67.9 Å². The summed E-state index contributed by atoms with van der Waals surface area (Å²) in [7, 11) is -3.15. The molecule has 0 unspecified atom stereocenters. The van der Waals surface area contributed by atoms with Gasteiger partial charge in [-0.25, -0.2) is 8.78 Å². The van der Waals surface area contributed by atoms with E-state index in [4.69, 9.17) is 4.43 Å². The zero-order chi connectivity index (χ0) is 35.8. The van der Waals surface area contributed by atoms with Gasteiger partial charge in [-0.2, -0.15) is 0 Å². The molecule has 270 valence electrons. The number of alkyl halides is 3. The van der Waals surface area contributed by atoms with Gasteiger partial charge in [0.15, 0.2) is 0 Å². The second kappa shape index (κ2) is 14.7. The summed E-state index contributed by atoms with van der Waals surface area (Å²) in [6.07, 6.45) is 2.24. The molecule has 2 atom stereocenters. The van der Waals surface area contributed by atoms with Crippen molar-refractivity contribution in [3.05, 3.63) is 118 Å². The van der Waals surface area contributed by atoms with E-state index in [9.17, 15) is 4.39 Å². The quantitative estimate of drug-likeness (QED) is 0.123. The number of nitrogens with zero attached hydrogens (tertiary/aromatic N) is 2. The van der Waals surface area contributed by atoms with E-state index in [-0.39, 0.29) is 18.8 Å². The van der Waals surface area contributed by atoms with Crippen LogP contribution in [-0.4, -0.2) is 74.5 Å². The molecule has 0 radical (unpaired) electrons. The van der Waals surface area contributed by atoms with Crippen LogP contribution in [0.2, 0.25) is 5.04 Å². The minimum absolute atomic E-state index is 0.110. The van der Waals surface area contributed by atoms with Crippen molar-refractivity contribution in [2.75, 3.05) is 39.5 Å². The molecular formula is C42H50F3N3OSSi. The topological polar surface area (TPSA) is 31.5 Å². The van der Waals surface area contributed by atoms with Crippen LogP contribution in [-0.2, 0) is 17.3 Å². The van der Waals surface area contributed by atoms with Crippen LogP contribution in [0.4, 0.5) is 13.2 Å². The van der Waals surface area contributed by atoms with Crippen LogP contribution < -0.4 is 10.4 Å². The molecule has 1 saturated heterocycles. The molecule has 2 aliphatic heterocycles. The summed E-state index contributed by atoms with van der Waals surface area (Å²) in [6.45, 7) is 9.91. The van der Waals surface area contributed by atoms with Gasteiger partial charge >= 0.3 is 0 Å². The lowest BCUT2D eigenvalue weighted by Crippen LogP contribution is -2.67. The van der Waals surface area contributed by atoms with Crippen molar-refractivity contribution < 1.29 is 17.6 Å². The second-order valence-corrected chi connectivity index (χ2v) is 21.2. The fraction of sp³-hybridized carbons (Fsp3) is 0.429. The molecule has 2 aromatic heterocycles. The largest absolute Gasteiger partial charge is 0.401 e. The van der Waals surface area contributed by atoms with Crippen LogP contribution >= 0.6 is 11.3 Å². The molecule has 7 rings (SSSR count). The summed E-state index contributed by atoms with van der Waals surface area (Å²) < 4.78 is 53.0. The SMILES string of the molecule is C[C@@H]1Cc2c([nH]c3ccccc23)[C@@H](c2ccc(CC3CN(CCCF)C3)s2)N1CC(F)(F)CO[Si](c1ccccc1)(c1ccccc1)C(C)(C)C. The maximum absolute atomic E-state index is 16.8. The van der Waals surface area contributed by atoms with Gasteiger partial charge in [0.25, 0.3) is 14.2 Å². The first-order valence-corrected chi connectivity index (χ1v) is 21.1. The molecule has 5 aromatic rings. The normalized spacial score (nSPS) is 19.4. The van der Waals surface area contributed by atoms with Gasteiger partial charge in [-0.3, -0.25) is 9.29 Å². The Kier molecular flexibility index (Phi) is 10.4. The molecule has 2 aliphatic rings. The van der Waals surface area contributed by atoms with E-state index in [0.717, 1.165) is 52.5 Å². The monoisotopic (exact) mass is 729 g/mol. The molecule has 51 heavy (non-hydrogen) atoms. The van der Waals surface area contributed by atoms with E-state index in [1.807, 2.05) is 71.6 Å². The van der Waals surface area contributed by atoms with E-state index >= 15 is 8.78 Å². The number of likely N-dealkylation sites (tertiary alicyclic amines) is 1. The van der Waals surface area contributed by atoms with E-state index in [0.29, 0.717) is 18.8 Å². The minimum atomic E-state index is -3.15. The molecule has 3 aromatic carbocycles. The van der Waals surface area contributed by atoms with Crippen molar-refractivity contribution in [2.45, 2.75) is 70.0 Å². The fourth-order valence-electron chi connectivity index (χ4n) is 8.56. The predicted octanol–water partition coefficient (Wildman–Crippen LogP) is 8.61. The molecule has 0 amide bonds. The number of benzene rings is 3. The summed E-state index contributed by atoms with van der Waals surface area (Å²) in [4.78, 5) is 10.4. The number of rotatable bonds is 13. The molecule has 0 spiro atoms. The van der Waals surface area contributed by atoms with Gasteiger partial charge in [-0.1, -0.05) is 99.6 Å². The Balaban J connectivity index is 1.19. The van der Waals surface area contributed by atoms with Crippen molar-refractivity contribution in [2.24, 2.45) is 5.92 Å². The number of hydrogen-bond donors (Lipinski definition) is 1. The van der Waals surface area contributed by atoms with Gasteiger partial charge in [-0.05, 0) is 71.3 Å². The van der Waals surface area contributed by atoms with Crippen LogP contribution in [0.5, 0.6) is 0 Å². The van der Waals surface area contributed by atoms with Crippen molar-refractivity contribution in [1.29, 1.82) is 0 Å². The molecule has 4 heterocycles. The minimum Gasteiger partial charge on any atom is -0.401 e. The average Bonchev–Trinajstić information content (AvgIpc) is 3.71. The van der Waals surface area contributed by atoms with Crippen molar-refractivity contribution in [3.8, 4) is 0 Å². The second-order valence-electron chi connectivity index (χ2n) is 15.7. The predicted molar refractivity (Wildman–Crippen MR) is 207 cm³/mol. The number of H-pyrrole nitrogens is 1. The van der Waals surface area contributed by atoms with Gasteiger partial charge in [0, 0.05) is 52.0 Å². The number of nitrogens with one attached hydrogen (secondary N) is 1. The third-order valence-corrected chi connectivity index (χ3v) is 17.1. The first kappa shape index (κ1) is 36.2. The van der Waals surface area contributed by atoms with Gasteiger partial charge in [0.05, 0.1) is 25.9 Å². The standard InChI is InChI=1S/C42H50F3N3OSSi/c1-30-24-36-35-18-11-12-19-37(35)46-39(36)40(38-21-20-32(50-38)25-31-26-47(27-31)23-13-22-43)48(30)28-42(44,45)29-49-51(41(2,3)4,33-14-7-5-8-15-33)34-16-9-6-10-17-34/h5-12,14-21,30-31,40,46H,13,22-29H2,1-4H3/t30-,40-/m1/s1. The highest BCUT2D eigenvalue weighted by Crippen LogP contribution is 2.45. The number of para-hydroxylation sites is 1. The van der Waals surface area contributed by atoms with Gasteiger partial charge in [-0.15, -0.1) is 11.3 Å². The molecule has 1 N–H and O–H groups in total. The molecular weight excluding hydrogens is 680 g/mol. The Labute approximate surface area is 305 Å². The number of fused-ring (bicyclic) bond motifs is 3. The lowest BCUT2D eigenvalue weighted by Gasteiger charge is -2.45. The Bertz CT molecular complexity index is 1860. The lowest BCUT2D eigenvalue weighted by atomic mass is 9.91. The Morgan fingerprint density at radius 1 is 0.882 bits per heavy atom. The zero-order valence-corrected chi connectivity index (χ0v) is 32.0. The number of halogens is 3. The smallest absolute Gasteiger partial charge is 0.282 e. The molecule has 0 bridgehead atoms. The number of hydrogen-bond acceptors (Lipinski definition) is 4. The molecule has 0 aliphatic carbocycles. The maximum Gasteiger partial charge on any atom is 0.282 e. The van der Waals surface area contributed by atoms with Crippen LogP contribution in [0, 0.1) is 5.92 Å². The highest BCUT2D eigenvalue weighted by Gasteiger charge is 2.52. The third-order valence-electron chi connectivity index (χ3n) is 10.9. The Hall–Kier alpha value is -3.21. The van der Waals surface area contributed by atoms with Crippen molar-refractivity contribution in [1.82, 2.24) is 14.8 Å². The van der Waals surface area contributed by atoms with E-state index < -0.39 is 32.4 Å². The molecule has 9 heteroatoms. The number of thiophene rings is 1. The van der Waals surface area contributed by atoms with Crippen LogP contribution in [0.25, 0.3) is 10.9 Å². The molecule has 4 nitrogen and oxygen atoms in total. The lowest BCUT2D eigenvalue weighted by molar-refractivity contribution is -0.0818. The highest BCUT2D eigenvalue weighted by atomic mass is 32.1. The highest BCUT2D eigenvalue weighted by molar-refractivity contribution is 7.12. The van der Waals surface area contributed by atoms with Crippen LogP contribution in [0.3, 0.4) is 0 Å². The first-order chi connectivity index (χ1) is 24.5. The molecule has 0 saturated carbocycles. The van der Waals surface area contributed by atoms with Crippen molar-refractivity contribution >= 4 is 40.9 Å².